The van der Waals surface area contributed by atoms with Crippen LogP contribution in [0.15, 0.2) is 47.4 Å². The Morgan fingerprint density at radius 2 is 1.74 bits per heavy atom. The number of hydrogen-bond donors (Lipinski definition) is 1. The predicted molar refractivity (Wildman–Crippen MR) is 93.8 cm³/mol. The van der Waals surface area contributed by atoms with E-state index in [1.165, 1.54) is 10.5 Å². The second-order valence-electron chi connectivity index (χ2n) is 4.92. The van der Waals surface area contributed by atoms with Crippen molar-refractivity contribution in [2.45, 2.75) is 11.3 Å². The molecule has 2 aromatic carbocycles. The highest BCUT2D eigenvalue weighted by Gasteiger charge is 2.10. The Hall–Kier alpha value is -2.14. The fourth-order valence-corrected chi connectivity index (χ4v) is 2.60. The van der Waals surface area contributed by atoms with Crippen molar-refractivity contribution in [2.24, 2.45) is 0 Å². The molecule has 1 N–H and O–H groups in total. The maximum atomic E-state index is 12.2. The summed E-state index contributed by atoms with van der Waals surface area (Å²) in [5, 5.41) is 2.92. The van der Waals surface area contributed by atoms with Crippen LogP contribution in [0, 0.1) is 0 Å². The fourth-order valence-electron chi connectivity index (χ4n) is 2.19. The van der Waals surface area contributed by atoms with Gasteiger partial charge in [-0.1, -0.05) is 12.1 Å². The van der Waals surface area contributed by atoms with E-state index < -0.39 is 0 Å². The second kappa shape index (κ2) is 8.48. The van der Waals surface area contributed by atoms with Gasteiger partial charge in [-0.05, 0) is 48.6 Å². The Kier molecular flexibility index (Phi) is 6.35. The van der Waals surface area contributed by atoms with Gasteiger partial charge in [0.2, 0.25) is 0 Å². The van der Waals surface area contributed by atoms with E-state index in [0.29, 0.717) is 23.6 Å². The van der Waals surface area contributed by atoms with Gasteiger partial charge in [0.25, 0.3) is 5.91 Å². The average molecular weight is 331 g/mol. The Morgan fingerprint density at radius 1 is 1.04 bits per heavy atom. The summed E-state index contributed by atoms with van der Waals surface area (Å²) in [5.41, 5.74) is 1.76. The van der Waals surface area contributed by atoms with Crippen molar-refractivity contribution in [2.75, 3.05) is 27.0 Å². The lowest BCUT2D eigenvalue weighted by Gasteiger charge is -2.10. The number of carbonyl (C=O) groups is 1. The van der Waals surface area contributed by atoms with Gasteiger partial charge in [0.05, 0.1) is 14.2 Å². The van der Waals surface area contributed by atoms with Crippen molar-refractivity contribution in [3.8, 4) is 11.5 Å². The number of carbonyl (C=O) groups excluding carboxylic acids is 1. The lowest BCUT2D eigenvalue weighted by atomic mass is 10.1. The first kappa shape index (κ1) is 17.2. The van der Waals surface area contributed by atoms with E-state index >= 15 is 0 Å². The molecular formula is C18H21NO3S. The molecule has 4 nitrogen and oxygen atoms in total. The summed E-state index contributed by atoms with van der Waals surface area (Å²) in [6.45, 7) is 0.589. The van der Waals surface area contributed by atoms with Crippen LogP contribution in [0.2, 0.25) is 0 Å². The van der Waals surface area contributed by atoms with Crippen molar-refractivity contribution in [1.29, 1.82) is 0 Å². The summed E-state index contributed by atoms with van der Waals surface area (Å²) in [7, 11) is 3.12. The molecule has 0 aliphatic heterocycles. The number of hydrogen-bond acceptors (Lipinski definition) is 4. The van der Waals surface area contributed by atoms with Crippen LogP contribution in [0.5, 0.6) is 11.5 Å². The fraction of sp³-hybridized carbons (Fsp3) is 0.278. The normalized spacial score (nSPS) is 10.2. The summed E-state index contributed by atoms with van der Waals surface area (Å²) in [4.78, 5) is 13.4. The van der Waals surface area contributed by atoms with E-state index in [-0.39, 0.29) is 5.91 Å². The minimum atomic E-state index is -0.119. The van der Waals surface area contributed by atoms with E-state index in [1.54, 1.807) is 44.2 Å². The van der Waals surface area contributed by atoms with Crippen LogP contribution in [0.4, 0.5) is 0 Å². The van der Waals surface area contributed by atoms with Crippen molar-refractivity contribution in [1.82, 2.24) is 5.32 Å². The monoisotopic (exact) mass is 331 g/mol. The lowest BCUT2D eigenvalue weighted by molar-refractivity contribution is 0.0953. The molecule has 0 aliphatic rings. The molecule has 2 rings (SSSR count). The van der Waals surface area contributed by atoms with E-state index in [2.05, 4.69) is 35.8 Å². The van der Waals surface area contributed by atoms with Crippen LogP contribution in [0.3, 0.4) is 0 Å². The number of methoxy groups -OCH3 is 2. The molecule has 23 heavy (non-hydrogen) atoms. The van der Waals surface area contributed by atoms with Gasteiger partial charge in [0.1, 0.15) is 0 Å². The Labute approximate surface area is 141 Å². The Bertz CT molecular complexity index is 656. The molecule has 0 atom stereocenters. The van der Waals surface area contributed by atoms with Gasteiger partial charge < -0.3 is 14.8 Å². The lowest BCUT2D eigenvalue weighted by Crippen LogP contribution is -2.25. The third-order valence-electron chi connectivity index (χ3n) is 3.50. The van der Waals surface area contributed by atoms with Crippen LogP contribution in [-0.4, -0.2) is 32.9 Å². The minimum Gasteiger partial charge on any atom is -0.493 e. The van der Waals surface area contributed by atoms with Gasteiger partial charge in [-0.3, -0.25) is 4.79 Å². The van der Waals surface area contributed by atoms with Crippen molar-refractivity contribution in [3.05, 3.63) is 53.6 Å². The Morgan fingerprint density at radius 3 is 2.35 bits per heavy atom. The van der Waals surface area contributed by atoms with Gasteiger partial charge in [-0.2, -0.15) is 0 Å². The van der Waals surface area contributed by atoms with Crippen molar-refractivity contribution in [3.63, 3.8) is 0 Å². The highest BCUT2D eigenvalue weighted by Crippen LogP contribution is 2.27. The zero-order valence-electron chi connectivity index (χ0n) is 13.6. The minimum absolute atomic E-state index is 0.119. The number of nitrogens with one attached hydrogen (secondary N) is 1. The highest BCUT2D eigenvalue weighted by molar-refractivity contribution is 7.98. The molecule has 0 bridgehead atoms. The molecule has 0 heterocycles. The van der Waals surface area contributed by atoms with Crippen molar-refractivity contribution >= 4 is 17.7 Å². The quantitative estimate of drug-likeness (QED) is 0.790. The molecule has 0 unspecified atom stereocenters. The molecule has 0 radical (unpaired) electrons. The topological polar surface area (TPSA) is 47.6 Å². The molecule has 0 aliphatic carbocycles. The standard InChI is InChI=1S/C18H21NO3S/c1-21-16-9-6-14(12-17(16)22-2)18(20)19-11-10-13-4-7-15(23-3)8-5-13/h4-9,12H,10-11H2,1-3H3,(H,19,20). The molecule has 0 saturated carbocycles. The number of benzene rings is 2. The second-order valence-corrected chi connectivity index (χ2v) is 5.80. The average Bonchev–Trinajstić information content (AvgIpc) is 2.61. The zero-order valence-corrected chi connectivity index (χ0v) is 14.4. The first-order chi connectivity index (χ1) is 11.2. The molecule has 2 aromatic rings. The van der Waals surface area contributed by atoms with E-state index in [0.717, 1.165) is 6.42 Å². The van der Waals surface area contributed by atoms with Gasteiger partial charge >= 0.3 is 0 Å². The number of amides is 1. The van der Waals surface area contributed by atoms with Crippen LogP contribution in [0.25, 0.3) is 0 Å². The highest BCUT2D eigenvalue weighted by atomic mass is 32.2. The molecule has 0 saturated heterocycles. The molecule has 1 amide bonds. The summed E-state index contributed by atoms with van der Waals surface area (Å²) in [5.74, 6) is 1.04. The SMILES string of the molecule is COc1ccc(C(=O)NCCc2ccc(SC)cc2)cc1OC. The molecule has 0 aromatic heterocycles. The first-order valence-electron chi connectivity index (χ1n) is 7.31. The summed E-state index contributed by atoms with van der Waals surface area (Å²) < 4.78 is 10.4. The molecule has 5 heteroatoms. The first-order valence-corrected chi connectivity index (χ1v) is 8.53. The molecular weight excluding hydrogens is 310 g/mol. The maximum absolute atomic E-state index is 12.2. The van der Waals surface area contributed by atoms with Gasteiger partial charge in [0, 0.05) is 17.0 Å². The van der Waals surface area contributed by atoms with Crippen LogP contribution in [0.1, 0.15) is 15.9 Å². The third kappa shape index (κ3) is 4.66. The van der Waals surface area contributed by atoms with Crippen molar-refractivity contribution < 1.29 is 14.3 Å². The largest absolute Gasteiger partial charge is 0.493 e. The van der Waals surface area contributed by atoms with Gasteiger partial charge in [-0.25, -0.2) is 0 Å². The summed E-state index contributed by atoms with van der Waals surface area (Å²) in [6.07, 6.45) is 2.85. The van der Waals surface area contributed by atoms with Crippen LogP contribution >= 0.6 is 11.8 Å². The third-order valence-corrected chi connectivity index (χ3v) is 4.25. The van der Waals surface area contributed by atoms with E-state index in [9.17, 15) is 4.79 Å². The predicted octanol–water partition coefficient (Wildman–Crippen LogP) is 3.40. The van der Waals surface area contributed by atoms with Crippen LogP contribution < -0.4 is 14.8 Å². The van der Waals surface area contributed by atoms with Gasteiger partial charge in [-0.15, -0.1) is 11.8 Å². The maximum Gasteiger partial charge on any atom is 0.251 e. The molecule has 0 fully saturated rings. The molecule has 122 valence electrons. The van der Waals surface area contributed by atoms with Crippen LogP contribution in [-0.2, 0) is 6.42 Å². The van der Waals surface area contributed by atoms with Gasteiger partial charge in [0.15, 0.2) is 11.5 Å². The summed E-state index contributed by atoms with van der Waals surface area (Å²) in [6, 6.07) is 13.5. The number of rotatable bonds is 7. The number of thioether (sulfide) groups is 1. The molecule has 0 spiro atoms. The zero-order chi connectivity index (χ0) is 16.7. The smallest absolute Gasteiger partial charge is 0.251 e. The Balaban J connectivity index is 1.91. The summed E-state index contributed by atoms with van der Waals surface area (Å²) >= 11 is 1.72. The number of ether oxygens (including phenoxy) is 2. The van der Waals surface area contributed by atoms with E-state index in [4.69, 9.17) is 9.47 Å². The van der Waals surface area contributed by atoms with E-state index in [1.807, 2.05) is 0 Å².